The number of hydrogen-bond donors (Lipinski definition) is 0. The molecule has 2 aromatic heterocycles. The average molecular weight is 450 g/mol. The van der Waals surface area contributed by atoms with Crippen LogP contribution in [0.4, 0.5) is 0 Å². The third-order valence-electron chi connectivity index (χ3n) is 6.93. The fraction of sp³-hybridized carbons (Fsp3) is 0.0303. The summed E-state index contributed by atoms with van der Waals surface area (Å²) in [6.45, 7) is 0. The van der Waals surface area contributed by atoms with E-state index in [9.17, 15) is 0 Å². The lowest BCUT2D eigenvalue weighted by Gasteiger charge is -2.19. The molecule has 0 unspecified atom stereocenters. The Balaban J connectivity index is 1.42. The Morgan fingerprint density at radius 1 is 0.486 bits per heavy atom. The molecule has 166 valence electrons. The molecule has 0 aliphatic carbocycles. The molecule has 5 aromatic carbocycles. The predicted molar refractivity (Wildman–Crippen MR) is 144 cm³/mol. The lowest BCUT2D eigenvalue weighted by molar-refractivity contribution is 0.673. The highest BCUT2D eigenvalue weighted by Gasteiger charge is 2.20. The Morgan fingerprint density at radius 3 is 1.71 bits per heavy atom. The van der Waals surface area contributed by atoms with Crippen LogP contribution in [0.25, 0.3) is 38.7 Å². The van der Waals surface area contributed by atoms with Gasteiger partial charge < -0.3 is 8.98 Å². The summed E-state index contributed by atoms with van der Waals surface area (Å²) in [6, 6.07) is 47.3. The summed E-state index contributed by atoms with van der Waals surface area (Å²) < 4.78 is 8.66. The van der Waals surface area contributed by atoms with E-state index in [1.54, 1.807) is 0 Å². The summed E-state index contributed by atoms with van der Waals surface area (Å²) in [4.78, 5) is 0. The number of hydrogen-bond acceptors (Lipinski definition) is 1. The highest BCUT2D eigenvalue weighted by atomic mass is 16.3. The highest BCUT2D eigenvalue weighted by molar-refractivity contribution is 6.16. The van der Waals surface area contributed by atoms with Crippen molar-refractivity contribution in [1.29, 1.82) is 0 Å². The van der Waals surface area contributed by atoms with E-state index in [4.69, 9.17) is 4.42 Å². The van der Waals surface area contributed by atoms with Crippen molar-refractivity contribution in [2.75, 3.05) is 0 Å². The monoisotopic (exact) mass is 449 g/mol. The van der Waals surface area contributed by atoms with E-state index in [-0.39, 0.29) is 5.92 Å². The van der Waals surface area contributed by atoms with Gasteiger partial charge in [0, 0.05) is 22.4 Å². The Morgan fingerprint density at radius 2 is 1.03 bits per heavy atom. The van der Waals surface area contributed by atoms with Crippen molar-refractivity contribution in [2.45, 2.75) is 5.92 Å². The molecule has 0 fully saturated rings. The number of para-hydroxylation sites is 2. The molecule has 0 spiro atoms. The van der Waals surface area contributed by atoms with Crippen molar-refractivity contribution in [1.82, 2.24) is 4.57 Å². The van der Waals surface area contributed by atoms with Gasteiger partial charge in [-0.15, -0.1) is 0 Å². The maximum absolute atomic E-state index is 6.32. The van der Waals surface area contributed by atoms with Crippen LogP contribution in [0, 0.1) is 0 Å². The Hall–Kier alpha value is -4.56. The van der Waals surface area contributed by atoms with Crippen molar-refractivity contribution in [2.24, 2.45) is 0 Å². The molecule has 0 N–H and O–H groups in total. The van der Waals surface area contributed by atoms with Crippen molar-refractivity contribution in [3.05, 3.63) is 150 Å². The molecular formula is C33H23NO. The van der Waals surface area contributed by atoms with Gasteiger partial charge in [0.1, 0.15) is 11.1 Å². The molecule has 7 aromatic rings. The van der Waals surface area contributed by atoms with Crippen LogP contribution in [0.15, 0.2) is 138 Å². The molecule has 7 rings (SSSR count). The topological polar surface area (TPSA) is 18.1 Å². The molecule has 2 heteroatoms. The molecule has 2 nitrogen and oxygen atoms in total. The number of furan rings is 1. The van der Waals surface area contributed by atoms with E-state index >= 15 is 0 Å². The Labute approximate surface area is 203 Å². The summed E-state index contributed by atoms with van der Waals surface area (Å²) in [7, 11) is 0. The number of fused-ring (bicyclic) bond motifs is 5. The van der Waals surface area contributed by atoms with Gasteiger partial charge in [-0.25, -0.2) is 0 Å². The van der Waals surface area contributed by atoms with E-state index in [0.717, 1.165) is 38.7 Å². The summed E-state index contributed by atoms with van der Waals surface area (Å²) in [5.74, 6) is 0.183. The molecule has 0 bridgehead atoms. The first-order valence-corrected chi connectivity index (χ1v) is 12.0. The molecule has 0 atom stereocenters. The maximum atomic E-state index is 6.32. The van der Waals surface area contributed by atoms with E-state index < -0.39 is 0 Å². The molecule has 0 aliphatic heterocycles. The van der Waals surface area contributed by atoms with E-state index in [1.807, 2.05) is 12.1 Å². The number of aromatic nitrogens is 1. The van der Waals surface area contributed by atoms with Gasteiger partial charge in [-0.3, -0.25) is 0 Å². The summed E-state index contributed by atoms with van der Waals surface area (Å²) >= 11 is 0. The van der Waals surface area contributed by atoms with E-state index in [1.165, 1.54) is 16.7 Å². The zero-order chi connectivity index (χ0) is 23.2. The van der Waals surface area contributed by atoms with Gasteiger partial charge in [0.05, 0.1) is 5.52 Å². The van der Waals surface area contributed by atoms with Crippen LogP contribution in [0.5, 0.6) is 0 Å². The van der Waals surface area contributed by atoms with Crippen LogP contribution in [-0.4, -0.2) is 4.57 Å². The van der Waals surface area contributed by atoms with Gasteiger partial charge in [-0.05, 0) is 53.1 Å². The van der Waals surface area contributed by atoms with Gasteiger partial charge in [-0.1, -0.05) is 97.1 Å². The number of benzene rings is 5. The molecule has 0 radical (unpaired) electrons. The second-order valence-corrected chi connectivity index (χ2v) is 8.97. The fourth-order valence-electron chi connectivity index (χ4n) is 5.37. The normalized spacial score (nSPS) is 11.7. The zero-order valence-electron chi connectivity index (χ0n) is 19.1. The molecule has 0 saturated carbocycles. The largest absolute Gasteiger partial charge is 0.454 e. The molecule has 35 heavy (non-hydrogen) atoms. The van der Waals surface area contributed by atoms with Crippen molar-refractivity contribution in [3.63, 3.8) is 0 Å². The summed E-state index contributed by atoms with van der Waals surface area (Å²) in [5, 5.41) is 2.27. The number of nitrogens with zero attached hydrogens (tertiary/aromatic N) is 1. The Bertz CT molecular complexity index is 1730. The minimum absolute atomic E-state index is 0.183. The first-order valence-electron chi connectivity index (χ1n) is 12.0. The van der Waals surface area contributed by atoms with Crippen LogP contribution < -0.4 is 0 Å². The van der Waals surface area contributed by atoms with Crippen LogP contribution in [0.3, 0.4) is 0 Å². The lowest BCUT2D eigenvalue weighted by Crippen LogP contribution is -2.03. The average Bonchev–Trinajstić information content (AvgIpc) is 3.46. The standard InChI is InChI=1S/C33H23NO/c1-3-11-23(12-4-1)31(24-13-5-2-6-14-24)25-19-21-26(22-20-25)34-29-17-9-7-15-27(29)33-32(34)28-16-8-10-18-30(28)35-33/h1-22,31H. The quantitative estimate of drug-likeness (QED) is 0.246. The smallest absolute Gasteiger partial charge is 0.161 e. The lowest BCUT2D eigenvalue weighted by atomic mass is 9.85. The van der Waals surface area contributed by atoms with Crippen LogP contribution >= 0.6 is 0 Å². The van der Waals surface area contributed by atoms with Crippen molar-refractivity contribution < 1.29 is 4.42 Å². The second-order valence-electron chi connectivity index (χ2n) is 8.97. The maximum Gasteiger partial charge on any atom is 0.161 e. The van der Waals surface area contributed by atoms with Crippen molar-refractivity contribution >= 4 is 33.0 Å². The highest BCUT2D eigenvalue weighted by Crippen LogP contribution is 2.39. The number of rotatable bonds is 4. The second kappa shape index (κ2) is 8.03. The molecule has 2 heterocycles. The SMILES string of the molecule is c1ccc(C(c2ccccc2)c2ccc(-n3c4ccccc4c4oc5ccccc5c43)cc2)cc1. The van der Waals surface area contributed by atoms with E-state index in [2.05, 4.69) is 126 Å². The summed E-state index contributed by atoms with van der Waals surface area (Å²) in [6.07, 6.45) is 0. The predicted octanol–water partition coefficient (Wildman–Crippen LogP) is 8.71. The van der Waals surface area contributed by atoms with E-state index in [0.29, 0.717) is 0 Å². The third-order valence-corrected chi connectivity index (χ3v) is 6.93. The Kier molecular flexibility index (Phi) is 4.56. The zero-order valence-corrected chi connectivity index (χ0v) is 19.1. The van der Waals surface area contributed by atoms with Crippen LogP contribution in [0.1, 0.15) is 22.6 Å². The summed E-state index contributed by atoms with van der Waals surface area (Å²) in [5.41, 5.74) is 9.13. The fourth-order valence-corrected chi connectivity index (χ4v) is 5.37. The van der Waals surface area contributed by atoms with Gasteiger partial charge in [-0.2, -0.15) is 0 Å². The van der Waals surface area contributed by atoms with Gasteiger partial charge in [0.25, 0.3) is 0 Å². The van der Waals surface area contributed by atoms with Crippen molar-refractivity contribution in [3.8, 4) is 5.69 Å². The van der Waals surface area contributed by atoms with Gasteiger partial charge in [0.2, 0.25) is 0 Å². The minimum Gasteiger partial charge on any atom is -0.454 e. The van der Waals surface area contributed by atoms with Crippen LogP contribution in [-0.2, 0) is 0 Å². The van der Waals surface area contributed by atoms with Gasteiger partial charge >= 0.3 is 0 Å². The van der Waals surface area contributed by atoms with Gasteiger partial charge in [0.15, 0.2) is 5.58 Å². The molecular weight excluding hydrogens is 426 g/mol. The molecule has 0 saturated heterocycles. The molecule has 0 aliphatic rings. The third kappa shape index (κ3) is 3.18. The minimum atomic E-state index is 0.183. The molecule has 0 amide bonds. The van der Waals surface area contributed by atoms with Crippen LogP contribution in [0.2, 0.25) is 0 Å². The first-order chi connectivity index (χ1) is 17.4. The first kappa shape index (κ1) is 19.9.